The first kappa shape index (κ1) is 39.5. The second-order valence-electron chi connectivity index (χ2n) is 12.5. The summed E-state index contributed by atoms with van der Waals surface area (Å²) in [4.78, 5) is 44.6. The summed E-state index contributed by atoms with van der Waals surface area (Å²) >= 11 is 0. The van der Waals surface area contributed by atoms with Crippen molar-refractivity contribution in [1.29, 1.82) is 0 Å². The van der Waals surface area contributed by atoms with Crippen LogP contribution >= 0.6 is 0 Å². The van der Waals surface area contributed by atoms with Crippen molar-refractivity contribution < 1.29 is 50.2 Å². The minimum absolute atomic E-state index is 0.000131. The molecule has 1 atom stereocenters. The van der Waals surface area contributed by atoms with Crippen molar-refractivity contribution in [3.8, 4) is 5.75 Å². The SMILES string of the molecule is COc1ccccc1CN(CCNC(=O)N1CCC(c2ccccc2)N(C(=O)c2cc(C(F)(F)F)cc(C(F)(F)F)c2)CC1)C(=O)OCc1ccccc1. The van der Waals surface area contributed by atoms with Crippen LogP contribution in [0.3, 0.4) is 0 Å². The molecule has 0 spiro atoms. The molecule has 4 amide bonds. The summed E-state index contributed by atoms with van der Waals surface area (Å²) in [6.45, 7) is 0.0250. The zero-order valence-electron chi connectivity index (χ0n) is 29.2. The molecule has 1 fully saturated rings. The first-order valence-electron chi connectivity index (χ1n) is 17.0. The lowest BCUT2D eigenvalue weighted by molar-refractivity contribution is -0.143. The number of ether oxygens (including phenoxy) is 2. The number of alkyl halides is 6. The number of carbonyl (C=O) groups is 3. The molecule has 9 nitrogen and oxygen atoms in total. The molecule has 1 saturated heterocycles. The van der Waals surface area contributed by atoms with Crippen molar-refractivity contribution in [2.45, 2.75) is 38.0 Å². The molecule has 1 N–H and O–H groups in total. The minimum Gasteiger partial charge on any atom is -0.496 e. The molecular formula is C39H38F6N4O5. The Bertz CT molecular complexity index is 1860. The standard InChI is InChI=1S/C39H38F6N4O5/c1-53-34-15-9-8-14-29(34)25-48(37(52)54-26-27-10-4-2-5-11-27)19-17-46-36(51)47-18-16-33(28-12-6-3-7-13-28)49(21-20-47)35(50)30-22-31(38(40,41)42)24-32(23-30)39(43,44)45/h2-15,22-24,33H,16-21,25-26H2,1H3,(H,46,51). The number of benzene rings is 4. The van der Waals surface area contributed by atoms with E-state index in [4.69, 9.17) is 9.47 Å². The van der Waals surface area contributed by atoms with E-state index in [1.807, 2.05) is 30.3 Å². The Kier molecular flexibility index (Phi) is 12.7. The normalized spacial score (nSPS) is 14.9. The molecule has 0 aromatic heterocycles. The molecule has 15 heteroatoms. The number of hydrogen-bond donors (Lipinski definition) is 1. The van der Waals surface area contributed by atoms with Gasteiger partial charge in [0.25, 0.3) is 5.91 Å². The maximum Gasteiger partial charge on any atom is 0.416 e. The number of hydrogen-bond acceptors (Lipinski definition) is 5. The Morgan fingerprint density at radius 1 is 0.796 bits per heavy atom. The molecule has 0 aliphatic carbocycles. The van der Waals surface area contributed by atoms with Crippen LogP contribution in [0, 0.1) is 0 Å². The monoisotopic (exact) mass is 756 g/mol. The van der Waals surface area contributed by atoms with E-state index in [-0.39, 0.29) is 58.4 Å². The van der Waals surface area contributed by atoms with E-state index >= 15 is 0 Å². The number of rotatable bonds is 10. The summed E-state index contributed by atoms with van der Waals surface area (Å²) in [5.74, 6) is -0.484. The van der Waals surface area contributed by atoms with Crippen molar-refractivity contribution in [1.82, 2.24) is 20.0 Å². The van der Waals surface area contributed by atoms with Crippen molar-refractivity contribution in [2.24, 2.45) is 0 Å². The van der Waals surface area contributed by atoms with Gasteiger partial charge in [-0.2, -0.15) is 26.3 Å². The summed E-state index contributed by atoms with van der Waals surface area (Å²) < 4.78 is 93.0. The van der Waals surface area contributed by atoms with Crippen molar-refractivity contribution >= 4 is 18.0 Å². The average Bonchev–Trinajstić information content (AvgIpc) is 3.40. The lowest BCUT2D eigenvalue weighted by Gasteiger charge is -2.30. The Labute approximate surface area is 308 Å². The number of methoxy groups -OCH3 is 1. The maximum absolute atomic E-state index is 13.8. The van der Waals surface area contributed by atoms with Crippen LogP contribution < -0.4 is 10.1 Å². The fourth-order valence-corrected chi connectivity index (χ4v) is 6.14. The minimum atomic E-state index is -5.13. The fraction of sp³-hybridized carbons (Fsp3) is 0.308. The van der Waals surface area contributed by atoms with Gasteiger partial charge in [-0.05, 0) is 41.8 Å². The number of urea groups is 1. The van der Waals surface area contributed by atoms with E-state index in [1.165, 1.54) is 21.8 Å². The Balaban J connectivity index is 1.30. The summed E-state index contributed by atoms with van der Waals surface area (Å²) in [5, 5.41) is 2.79. The summed E-state index contributed by atoms with van der Waals surface area (Å²) in [6, 6.07) is 24.2. The second kappa shape index (κ2) is 17.4. The third-order valence-corrected chi connectivity index (χ3v) is 8.90. The van der Waals surface area contributed by atoms with Crippen LogP contribution in [-0.4, -0.2) is 72.6 Å². The van der Waals surface area contributed by atoms with Gasteiger partial charge in [-0.25, -0.2) is 9.59 Å². The van der Waals surface area contributed by atoms with Gasteiger partial charge >= 0.3 is 24.5 Å². The van der Waals surface area contributed by atoms with Crippen LogP contribution in [0.4, 0.5) is 35.9 Å². The maximum atomic E-state index is 13.8. The Morgan fingerprint density at radius 2 is 1.41 bits per heavy atom. The van der Waals surface area contributed by atoms with Crippen LogP contribution in [-0.2, 0) is 30.2 Å². The van der Waals surface area contributed by atoms with Gasteiger partial charge in [0.1, 0.15) is 12.4 Å². The third-order valence-electron chi connectivity index (χ3n) is 8.90. The highest BCUT2D eigenvalue weighted by Gasteiger charge is 2.39. The van der Waals surface area contributed by atoms with Gasteiger partial charge in [0.15, 0.2) is 0 Å². The van der Waals surface area contributed by atoms with Gasteiger partial charge in [0.05, 0.1) is 30.8 Å². The van der Waals surface area contributed by atoms with E-state index < -0.39 is 53.1 Å². The summed E-state index contributed by atoms with van der Waals surface area (Å²) in [7, 11) is 1.51. The van der Waals surface area contributed by atoms with Gasteiger partial charge in [0.2, 0.25) is 0 Å². The van der Waals surface area contributed by atoms with Gasteiger partial charge in [-0.15, -0.1) is 0 Å². The quantitative estimate of drug-likeness (QED) is 0.165. The predicted octanol–water partition coefficient (Wildman–Crippen LogP) is 8.17. The van der Waals surface area contributed by atoms with Crippen LogP contribution in [0.5, 0.6) is 5.75 Å². The Hall–Kier alpha value is -5.73. The van der Waals surface area contributed by atoms with Crippen molar-refractivity contribution in [2.75, 3.05) is 39.8 Å². The Morgan fingerprint density at radius 3 is 2.04 bits per heavy atom. The highest BCUT2D eigenvalue weighted by Crippen LogP contribution is 2.37. The molecule has 4 aromatic rings. The zero-order valence-corrected chi connectivity index (χ0v) is 29.2. The largest absolute Gasteiger partial charge is 0.496 e. The summed E-state index contributed by atoms with van der Waals surface area (Å²) in [6.07, 6.45) is -10.8. The molecule has 0 saturated carbocycles. The van der Waals surface area contributed by atoms with E-state index in [0.717, 1.165) is 5.56 Å². The van der Waals surface area contributed by atoms with E-state index in [2.05, 4.69) is 5.32 Å². The van der Waals surface area contributed by atoms with Gasteiger partial charge < -0.3 is 29.5 Å². The fourth-order valence-electron chi connectivity index (χ4n) is 6.14. The molecular weight excluding hydrogens is 718 g/mol. The highest BCUT2D eigenvalue weighted by molar-refractivity contribution is 5.95. The first-order chi connectivity index (χ1) is 25.7. The second-order valence-corrected chi connectivity index (χ2v) is 12.5. The van der Waals surface area contributed by atoms with E-state index in [9.17, 15) is 40.7 Å². The zero-order chi connectivity index (χ0) is 38.9. The number of amides is 4. The number of nitrogens with one attached hydrogen (secondary N) is 1. The van der Waals surface area contributed by atoms with Crippen molar-refractivity contribution in [3.05, 3.63) is 137 Å². The molecule has 0 bridgehead atoms. The van der Waals surface area contributed by atoms with Crippen LogP contribution in [0.2, 0.25) is 0 Å². The molecule has 4 aromatic carbocycles. The molecule has 54 heavy (non-hydrogen) atoms. The van der Waals surface area contributed by atoms with Gasteiger partial charge in [-0.1, -0.05) is 78.9 Å². The number of halogens is 6. The molecule has 1 heterocycles. The van der Waals surface area contributed by atoms with E-state index in [1.54, 1.807) is 54.6 Å². The molecule has 286 valence electrons. The van der Waals surface area contributed by atoms with Crippen LogP contribution in [0.1, 0.15) is 50.6 Å². The highest BCUT2D eigenvalue weighted by atomic mass is 19.4. The van der Waals surface area contributed by atoms with Crippen molar-refractivity contribution in [3.63, 3.8) is 0 Å². The molecule has 5 rings (SSSR count). The first-order valence-corrected chi connectivity index (χ1v) is 17.0. The topological polar surface area (TPSA) is 91.4 Å². The van der Waals surface area contributed by atoms with Gasteiger partial charge in [0, 0.05) is 43.9 Å². The predicted molar refractivity (Wildman–Crippen MR) is 186 cm³/mol. The van der Waals surface area contributed by atoms with Gasteiger partial charge in [-0.3, -0.25) is 4.79 Å². The molecule has 0 radical (unpaired) electrons. The number of nitrogens with zero attached hydrogens (tertiary/aromatic N) is 3. The molecule has 1 unspecified atom stereocenters. The molecule has 1 aliphatic heterocycles. The smallest absolute Gasteiger partial charge is 0.416 e. The van der Waals surface area contributed by atoms with Crippen LogP contribution in [0.15, 0.2) is 103 Å². The third kappa shape index (κ3) is 10.2. The summed E-state index contributed by atoms with van der Waals surface area (Å²) in [5.41, 5.74) is -1.89. The average molecular weight is 757 g/mol. The van der Waals surface area contributed by atoms with E-state index in [0.29, 0.717) is 29.0 Å². The molecule has 1 aliphatic rings. The van der Waals surface area contributed by atoms with Crippen LogP contribution in [0.25, 0.3) is 0 Å². The lowest BCUT2D eigenvalue weighted by atomic mass is 9.99. The number of para-hydroxylation sites is 1. The number of carbonyl (C=O) groups excluding carboxylic acids is 3. The lowest BCUT2D eigenvalue weighted by Crippen LogP contribution is -2.45.